The topological polar surface area (TPSA) is 172 Å². The van der Waals surface area contributed by atoms with Gasteiger partial charge in [0.15, 0.2) is 0 Å². The zero-order chi connectivity index (χ0) is 34.5. The molecule has 4 amide bonds. The molecule has 4 unspecified atom stereocenters. The van der Waals surface area contributed by atoms with Crippen LogP contribution in [0.2, 0.25) is 0 Å². The van der Waals surface area contributed by atoms with E-state index < -0.39 is 41.9 Å². The van der Waals surface area contributed by atoms with Gasteiger partial charge in [-0.25, -0.2) is 0 Å². The molecule has 1 spiro atoms. The molecule has 48 heavy (non-hydrogen) atoms. The molecule has 2 heterocycles. The molecule has 2 aliphatic heterocycles. The highest BCUT2D eigenvalue weighted by molar-refractivity contribution is 5.95. The number of nitrogens with one attached hydrogen (secondary N) is 4. The second-order valence-electron chi connectivity index (χ2n) is 14.0. The Kier molecular flexibility index (Phi) is 14.0. The van der Waals surface area contributed by atoms with Crippen molar-refractivity contribution in [1.82, 2.24) is 26.2 Å². The van der Waals surface area contributed by atoms with Gasteiger partial charge in [0.25, 0.3) is 0 Å². The Balaban J connectivity index is 1.46. The van der Waals surface area contributed by atoms with Gasteiger partial charge < -0.3 is 37.6 Å². The van der Waals surface area contributed by atoms with Crippen molar-refractivity contribution in [1.29, 1.82) is 0 Å². The van der Waals surface area contributed by atoms with E-state index >= 15 is 0 Å². The Morgan fingerprint density at radius 3 is 1.85 bits per heavy atom. The highest BCUT2D eigenvalue weighted by Crippen LogP contribution is 2.35. The van der Waals surface area contributed by atoms with Crippen LogP contribution in [0.25, 0.3) is 0 Å². The van der Waals surface area contributed by atoms with E-state index in [0.717, 1.165) is 43.5 Å². The monoisotopic (exact) mass is 661 g/mol. The van der Waals surface area contributed by atoms with Crippen LogP contribution < -0.4 is 32.7 Å². The third kappa shape index (κ3) is 10.9. The van der Waals surface area contributed by atoms with E-state index in [0.29, 0.717) is 50.7 Å². The number of nitrogens with zero attached hydrogens (tertiary/aromatic N) is 1. The van der Waals surface area contributed by atoms with Gasteiger partial charge in [-0.15, -0.1) is 0 Å². The summed E-state index contributed by atoms with van der Waals surface area (Å²) in [7, 11) is 0. The first-order valence-corrected chi connectivity index (χ1v) is 17.5. The summed E-state index contributed by atoms with van der Waals surface area (Å²) in [6.45, 7) is 7.78. The van der Waals surface area contributed by atoms with E-state index in [4.69, 9.17) is 11.5 Å². The molecule has 4 rings (SSSR count). The number of nitrogens with two attached hydrogens (primary N) is 2. The molecule has 2 saturated heterocycles. The number of unbranched alkanes of at least 4 members (excludes halogenated alkanes) is 1. The minimum absolute atomic E-state index is 0.0725. The Morgan fingerprint density at radius 1 is 0.771 bits per heavy atom. The van der Waals surface area contributed by atoms with Crippen molar-refractivity contribution in [2.24, 2.45) is 22.8 Å². The van der Waals surface area contributed by atoms with E-state index in [1.165, 1.54) is 0 Å². The molecule has 0 saturated carbocycles. The third-order valence-electron chi connectivity index (χ3n) is 9.59. The minimum atomic E-state index is -0.965. The van der Waals surface area contributed by atoms with Crippen LogP contribution in [-0.4, -0.2) is 85.4 Å². The first-order chi connectivity index (χ1) is 23.1. The van der Waals surface area contributed by atoms with Crippen LogP contribution >= 0.6 is 0 Å². The lowest BCUT2D eigenvalue weighted by molar-refractivity contribution is -0.140. The first kappa shape index (κ1) is 37.0. The predicted molar refractivity (Wildman–Crippen MR) is 188 cm³/mol. The number of piperidine rings is 1. The van der Waals surface area contributed by atoms with Gasteiger partial charge >= 0.3 is 0 Å². The van der Waals surface area contributed by atoms with Crippen LogP contribution in [0.4, 0.5) is 0 Å². The second-order valence-corrected chi connectivity index (χ2v) is 14.0. The summed E-state index contributed by atoms with van der Waals surface area (Å²) < 4.78 is 0. The molecule has 0 aromatic heterocycles. The van der Waals surface area contributed by atoms with Crippen molar-refractivity contribution in [3.8, 4) is 0 Å². The van der Waals surface area contributed by atoms with Gasteiger partial charge in [-0.2, -0.15) is 0 Å². The number of carbonyl (C=O) groups excluding carboxylic acids is 4. The number of hydrogen-bond donors (Lipinski definition) is 6. The molecule has 0 radical (unpaired) electrons. The third-order valence-corrected chi connectivity index (χ3v) is 9.59. The van der Waals surface area contributed by atoms with Gasteiger partial charge in [-0.1, -0.05) is 74.5 Å². The molecule has 11 nitrogen and oxygen atoms in total. The highest BCUT2D eigenvalue weighted by atomic mass is 16.2. The summed E-state index contributed by atoms with van der Waals surface area (Å²) in [5.41, 5.74) is 14.1. The van der Waals surface area contributed by atoms with Crippen molar-refractivity contribution in [2.45, 2.75) is 89.4 Å². The SMILES string of the molecule is CC(C)CC(NC(=O)C(Cc1ccccc1)NC(=O)C(N)Cc1ccccc1)C(=O)NC(CCCCN)C(=O)N1CCC2(CC1)CNC2. The molecule has 0 aliphatic carbocycles. The minimum Gasteiger partial charge on any atom is -0.343 e. The lowest BCUT2D eigenvalue weighted by Crippen LogP contribution is -2.61. The standard InChI is InChI=1S/C37H55N7O4/c1-26(2)21-31(34(46)41-30(15-9-10-18-38)36(48)44-19-16-37(17-20-44)24-40-25-37)43-35(47)32(23-28-13-7-4-8-14-28)42-33(45)29(39)22-27-11-5-3-6-12-27/h3-8,11-14,26,29-32,40H,9-10,15-25,38-39H2,1-2H3,(H,41,46)(H,42,45)(H,43,47). The van der Waals surface area contributed by atoms with Gasteiger partial charge in [-0.3, -0.25) is 19.2 Å². The zero-order valence-corrected chi connectivity index (χ0v) is 28.6. The number of amides is 4. The maximum Gasteiger partial charge on any atom is 0.245 e. The van der Waals surface area contributed by atoms with Crippen molar-refractivity contribution < 1.29 is 19.2 Å². The smallest absolute Gasteiger partial charge is 0.245 e. The second kappa shape index (κ2) is 18.1. The van der Waals surface area contributed by atoms with Gasteiger partial charge in [0, 0.05) is 32.6 Å². The molecular weight excluding hydrogens is 606 g/mol. The number of likely N-dealkylation sites (tertiary alicyclic amines) is 1. The summed E-state index contributed by atoms with van der Waals surface area (Å²) in [6, 6.07) is 15.4. The van der Waals surface area contributed by atoms with E-state index in [1.54, 1.807) is 0 Å². The van der Waals surface area contributed by atoms with E-state index in [-0.39, 0.29) is 18.2 Å². The average Bonchev–Trinajstić information content (AvgIpc) is 3.07. The maximum absolute atomic E-state index is 13.9. The van der Waals surface area contributed by atoms with Gasteiger partial charge in [0.1, 0.15) is 18.1 Å². The van der Waals surface area contributed by atoms with Gasteiger partial charge in [0.05, 0.1) is 6.04 Å². The van der Waals surface area contributed by atoms with E-state index in [1.807, 2.05) is 79.4 Å². The lowest BCUT2D eigenvalue weighted by Gasteiger charge is -2.48. The molecule has 11 heteroatoms. The fraction of sp³-hybridized carbons (Fsp3) is 0.568. The summed E-state index contributed by atoms with van der Waals surface area (Å²) >= 11 is 0. The number of carbonyl (C=O) groups is 4. The molecule has 262 valence electrons. The fourth-order valence-electron chi connectivity index (χ4n) is 6.55. The Hall–Kier alpha value is -3.80. The molecule has 0 bridgehead atoms. The van der Waals surface area contributed by atoms with E-state index in [2.05, 4.69) is 21.3 Å². The molecule has 2 fully saturated rings. The van der Waals surface area contributed by atoms with Crippen LogP contribution in [0.5, 0.6) is 0 Å². The molecule has 8 N–H and O–H groups in total. The molecule has 2 aromatic rings. The predicted octanol–water partition coefficient (Wildman–Crippen LogP) is 1.64. The van der Waals surface area contributed by atoms with Crippen molar-refractivity contribution in [2.75, 3.05) is 32.7 Å². The quantitative estimate of drug-likeness (QED) is 0.140. The van der Waals surface area contributed by atoms with Crippen LogP contribution in [0.3, 0.4) is 0 Å². The van der Waals surface area contributed by atoms with Crippen molar-refractivity contribution >= 4 is 23.6 Å². The Bertz CT molecular complexity index is 1330. The van der Waals surface area contributed by atoms with Crippen LogP contribution in [0, 0.1) is 11.3 Å². The fourth-order valence-corrected chi connectivity index (χ4v) is 6.55. The van der Waals surface area contributed by atoms with Gasteiger partial charge in [0.2, 0.25) is 23.6 Å². The summed E-state index contributed by atoms with van der Waals surface area (Å²) in [5.74, 6) is -1.36. The van der Waals surface area contributed by atoms with Gasteiger partial charge in [-0.05, 0) is 74.0 Å². The number of hydrogen-bond acceptors (Lipinski definition) is 7. The van der Waals surface area contributed by atoms with E-state index in [9.17, 15) is 19.2 Å². The summed E-state index contributed by atoms with van der Waals surface area (Å²) in [6.07, 6.45) is 4.71. The molecular formula is C37H55N7O4. The zero-order valence-electron chi connectivity index (χ0n) is 28.6. The molecule has 2 aromatic carbocycles. The number of benzene rings is 2. The molecule has 2 aliphatic rings. The molecule has 4 atom stereocenters. The Morgan fingerprint density at radius 2 is 1.31 bits per heavy atom. The first-order valence-electron chi connectivity index (χ1n) is 17.5. The summed E-state index contributed by atoms with van der Waals surface area (Å²) in [5, 5.41) is 12.1. The highest BCUT2D eigenvalue weighted by Gasteiger charge is 2.41. The normalized spacial score (nSPS) is 17.9. The number of rotatable bonds is 17. The average molecular weight is 662 g/mol. The summed E-state index contributed by atoms with van der Waals surface area (Å²) in [4.78, 5) is 56.7. The largest absolute Gasteiger partial charge is 0.343 e. The van der Waals surface area contributed by atoms with Crippen molar-refractivity contribution in [3.63, 3.8) is 0 Å². The van der Waals surface area contributed by atoms with Crippen molar-refractivity contribution in [3.05, 3.63) is 71.8 Å². The van der Waals surface area contributed by atoms with Crippen LogP contribution in [-0.2, 0) is 32.0 Å². The Labute approximate surface area is 285 Å². The van der Waals surface area contributed by atoms with Crippen LogP contribution in [0.1, 0.15) is 63.5 Å². The lowest BCUT2D eigenvalue weighted by atomic mass is 9.73. The maximum atomic E-state index is 13.9. The van der Waals surface area contributed by atoms with Crippen LogP contribution in [0.15, 0.2) is 60.7 Å².